The molecule has 1 N–H and O–H groups in total. The highest BCUT2D eigenvalue weighted by Gasteiger charge is 2.21. The van der Waals surface area contributed by atoms with E-state index in [0.29, 0.717) is 6.04 Å². The second kappa shape index (κ2) is 5.82. The molecule has 0 saturated heterocycles. The van der Waals surface area contributed by atoms with Crippen LogP contribution in [0.15, 0.2) is 36.5 Å². The van der Waals surface area contributed by atoms with E-state index in [1.54, 1.807) is 6.07 Å². The van der Waals surface area contributed by atoms with Gasteiger partial charge in [0.15, 0.2) is 0 Å². The van der Waals surface area contributed by atoms with E-state index in [-0.39, 0.29) is 5.82 Å². The zero-order chi connectivity index (χ0) is 14.8. The molecule has 1 aliphatic heterocycles. The van der Waals surface area contributed by atoms with Gasteiger partial charge in [0.2, 0.25) is 0 Å². The molecule has 0 saturated carbocycles. The molecule has 3 nitrogen and oxygen atoms in total. The second-order valence-electron chi connectivity index (χ2n) is 5.40. The van der Waals surface area contributed by atoms with Crippen molar-refractivity contribution in [1.29, 1.82) is 0 Å². The standard InChI is InChI=1S/C17H20FN3/c1-3-19-12(2)14-5-7-17(20-11-14)21-9-8-13-4-6-15(18)10-16(13)21/h4-7,10-12,19H,3,8-9H2,1-2H3. The van der Waals surface area contributed by atoms with Crippen LogP contribution in [0.2, 0.25) is 0 Å². The minimum Gasteiger partial charge on any atom is -0.326 e. The summed E-state index contributed by atoms with van der Waals surface area (Å²) in [7, 11) is 0. The molecule has 1 unspecified atom stereocenters. The summed E-state index contributed by atoms with van der Waals surface area (Å²) in [5.74, 6) is 0.685. The van der Waals surface area contributed by atoms with Crippen LogP contribution in [0.25, 0.3) is 0 Å². The molecule has 1 aromatic heterocycles. The van der Waals surface area contributed by atoms with Crippen molar-refractivity contribution in [3.8, 4) is 0 Å². The second-order valence-corrected chi connectivity index (χ2v) is 5.40. The van der Waals surface area contributed by atoms with Crippen molar-refractivity contribution < 1.29 is 4.39 Å². The van der Waals surface area contributed by atoms with E-state index < -0.39 is 0 Å². The maximum absolute atomic E-state index is 13.5. The SMILES string of the molecule is CCNC(C)c1ccc(N2CCc3ccc(F)cc32)nc1. The number of pyridine rings is 1. The molecule has 110 valence electrons. The highest BCUT2D eigenvalue weighted by Crippen LogP contribution is 2.34. The zero-order valence-electron chi connectivity index (χ0n) is 12.4. The molecule has 21 heavy (non-hydrogen) atoms. The largest absolute Gasteiger partial charge is 0.326 e. The predicted octanol–water partition coefficient (Wildman–Crippen LogP) is 3.59. The van der Waals surface area contributed by atoms with Crippen molar-refractivity contribution in [2.45, 2.75) is 26.3 Å². The van der Waals surface area contributed by atoms with Crippen LogP contribution in [0.3, 0.4) is 0 Å². The molecule has 0 fully saturated rings. The van der Waals surface area contributed by atoms with E-state index in [1.807, 2.05) is 18.3 Å². The third-order valence-corrected chi connectivity index (χ3v) is 4.00. The van der Waals surface area contributed by atoms with E-state index in [2.05, 4.69) is 35.1 Å². The van der Waals surface area contributed by atoms with Gasteiger partial charge in [-0.25, -0.2) is 9.37 Å². The molecule has 0 spiro atoms. The average molecular weight is 285 g/mol. The summed E-state index contributed by atoms with van der Waals surface area (Å²) in [5.41, 5.74) is 3.29. The molecular weight excluding hydrogens is 265 g/mol. The number of rotatable bonds is 4. The van der Waals surface area contributed by atoms with Gasteiger partial charge >= 0.3 is 0 Å². The molecule has 0 aliphatic carbocycles. The first kappa shape index (κ1) is 14.0. The normalized spacial score (nSPS) is 15.1. The smallest absolute Gasteiger partial charge is 0.132 e. The summed E-state index contributed by atoms with van der Waals surface area (Å²) in [6, 6.07) is 9.39. The third-order valence-electron chi connectivity index (χ3n) is 4.00. The molecule has 0 amide bonds. The number of nitrogens with zero attached hydrogens (tertiary/aromatic N) is 2. The van der Waals surface area contributed by atoms with Gasteiger partial charge in [-0.2, -0.15) is 0 Å². The predicted molar refractivity (Wildman–Crippen MR) is 83.4 cm³/mol. The molecular formula is C17H20FN3. The Morgan fingerprint density at radius 1 is 1.33 bits per heavy atom. The monoisotopic (exact) mass is 285 g/mol. The lowest BCUT2D eigenvalue weighted by Gasteiger charge is -2.19. The fraction of sp³-hybridized carbons (Fsp3) is 0.353. The zero-order valence-corrected chi connectivity index (χ0v) is 12.4. The molecule has 0 radical (unpaired) electrons. The first-order valence-corrected chi connectivity index (χ1v) is 7.44. The highest BCUT2D eigenvalue weighted by molar-refractivity contribution is 5.67. The topological polar surface area (TPSA) is 28.2 Å². The number of nitrogens with one attached hydrogen (secondary N) is 1. The Labute approximate surface area is 124 Å². The Bertz CT molecular complexity index is 624. The summed E-state index contributed by atoms with van der Waals surface area (Å²) >= 11 is 0. The van der Waals surface area contributed by atoms with E-state index in [9.17, 15) is 4.39 Å². The molecule has 3 rings (SSSR count). The summed E-state index contributed by atoms with van der Waals surface area (Å²) in [6.07, 6.45) is 2.84. The lowest BCUT2D eigenvalue weighted by molar-refractivity contribution is 0.596. The lowest BCUT2D eigenvalue weighted by atomic mass is 10.1. The first-order valence-electron chi connectivity index (χ1n) is 7.44. The summed E-state index contributed by atoms with van der Waals surface area (Å²) in [6.45, 7) is 6.00. The van der Waals surface area contributed by atoms with Crippen molar-refractivity contribution in [2.75, 3.05) is 18.0 Å². The number of anilines is 2. The molecule has 2 aromatic rings. The average Bonchev–Trinajstić information content (AvgIpc) is 2.90. The van der Waals surface area contributed by atoms with Crippen LogP contribution in [0.5, 0.6) is 0 Å². The number of halogens is 1. The quantitative estimate of drug-likeness (QED) is 0.930. The van der Waals surface area contributed by atoms with E-state index in [1.165, 1.54) is 17.2 Å². The summed E-state index contributed by atoms with van der Waals surface area (Å²) in [4.78, 5) is 6.64. The van der Waals surface area contributed by atoms with Gasteiger partial charge < -0.3 is 10.2 Å². The van der Waals surface area contributed by atoms with Crippen LogP contribution in [-0.4, -0.2) is 18.1 Å². The van der Waals surface area contributed by atoms with Crippen LogP contribution >= 0.6 is 0 Å². The van der Waals surface area contributed by atoms with Crippen molar-refractivity contribution in [1.82, 2.24) is 10.3 Å². The van der Waals surface area contributed by atoms with Crippen LogP contribution in [0.1, 0.15) is 31.0 Å². The highest BCUT2D eigenvalue weighted by atomic mass is 19.1. The Morgan fingerprint density at radius 2 is 2.19 bits per heavy atom. The number of hydrogen-bond donors (Lipinski definition) is 1. The van der Waals surface area contributed by atoms with Crippen molar-refractivity contribution in [3.05, 3.63) is 53.5 Å². The van der Waals surface area contributed by atoms with Crippen molar-refractivity contribution >= 4 is 11.5 Å². The summed E-state index contributed by atoms with van der Waals surface area (Å²) in [5, 5.41) is 3.37. The van der Waals surface area contributed by atoms with Gasteiger partial charge in [0.05, 0.1) is 0 Å². The third kappa shape index (κ3) is 2.76. The maximum atomic E-state index is 13.5. The van der Waals surface area contributed by atoms with Gasteiger partial charge in [0.25, 0.3) is 0 Å². The van der Waals surface area contributed by atoms with E-state index >= 15 is 0 Å². The van der Waals surface area contributed by atoms with Crippen LogP contribution in [-0.2, 0) is 6.42 Å². The van der Waals surface area contributed by atoms with Gasteiger partial charge in [0, 0.05) is 24.5 Å². The minimum atomic E-state index is -0.196. The fourth-order valence-electron chi connectivity index (χ4n) is 2.83. The fourth-order valence-corrected chi connectivity index (χ4v) is 2.83. The molecule has 0 bridgehead atoms. The maximum Gasteiger partial charge on any atom is 0.132 e. The number of benzene rings is 1. The van der Waals surface area contributed by atoms with Gasteiger partial charge in [-0.1, -0.05) is 19.1 Å². The number of fused-ring (bicyclic) bond motifs is 1. The lowest BCUT2D eigenvalue weighted by Crippen LogP contribution is -2.19. The molecule has 2 heterocycles. The van der Waals surface area contributed by atoms with Gasteiger partial charge in [-0.3, -0.25) is 0 Å². The van der Waals surface area contributed by atoms with E-state index in [4.69, 9.17) is 0 Å². The van der Waals surface area contributed by atoms with Crippen LogP contribution in [0.4, 0.5) is 15.9 Å². The molecule has 1 atom stereocenters. The van der Waals surface area contributed by atoms with Gasteiger partial charge in [0.1, 0.15) is 11.6 Å². The minimum absolute atomic E-state index is 0.196. The number of hydrogen-bond acceptors (Lipinski definition) is 3. The molecule has 1 aliphatic rings. The van der Waals surface area contributed by atoms with Crippen LogP contribution < -0.4 is 10.2 Å². The first-order chi connectivity index (χ1) is 10.2. The van der Waals surface area contributed by atoms with Gasteiger partial charge in [-0.15, -0.1) is 0 Å². The van der Waals surface area contributed by atoms with Crippen LogP contribution in [0, 0.1) is 5.82 Å². The Hall–Kier alpha value is -1.94. The molecule has 4 heteroatoms. The van der Waals surface area contributed by atoms with Crippen molar-refractivity contribution in [3.63, 3.8) is 0 Å². The number of aromatic nitrogens is 1. The summed E-state index contributed by atoms with van der Waals surface area (Å²) < 4.78 is 13.5. The molecule has 1 aromatic carbocycles. The Balaban J connectivity index is 1.85. The van der Waals surface area contributed by atoms with Crippen molar-refractivity contribution in [2.24, 2.45) is 0 Å². The Morgan fingerprint density at radius 3 is 2.90 bits per heavy atom. The Kier molecular flexibility index (Phi) is 3.88. The van der Waals surface area contributed by atoms with E-state index in [0.717, 1.165) is 31.0 Å². The van der Waals surface area contributed by atoms with Gasteiger partial charge in [-0.05, 0) is 49.2 Å².